The minimum Gasteiger partial charge on any atom is -0.493 e. The summed E-state index contributed by atoms with van der Waals surface area (Å²) in [6, 6.07) is 7.34. The van der Waals surface area contributed by atoms with E-state index in [1.54, 1.807) is 38.6 Å². The zero-order valence-electron chi connectivity index (χ0n) is 11.3. The Labute approximate surface area is 126 Å². The van der Waals surface area contributed by atoms with E-state index in [-0.39, 0.29) is 0 Å². The average Bonchev–Trinajstić information content (AvgIpc) is 2.45. The summed E-state index contributed by atoms with van der Waals surface area (Å²) in [7, 11) is 1.58. The van der Waals surface area contributed by atoms with Gasteiger partial charge in [-0.25, -0.2) is 0 Å². The highest BCUT2D eigenvalue weighted by molar-refractivity contribution is 9.10. The van der Waals surface area contributed by atoms with Crippen molar-refractivity contribution < 1.29 is 14.6 Å². The van der Waals surface area contributed by atoms with Crippen molar-refractivity contribution in [1.82, 2.24) is 4.98 Å². The molecular formula is C15H16BrNO3. The van der Waals surface area contributed by atoms with Gasteiger partial charge in [0.1, 0.15) is 6.61 Å². The second-order valence-electron chi connectivity index (χ2n) is 4.39. The van der Waals surface area contributed by atoms with Crippen LogP contribution in [0.15, 0.2) is 41.1 Å². The van der Waals surface area contributed by atoms with Gasteiger partial charge in [-0.2, -0.15) is 0 Å². The van der Waals surface area contributed by atoms with E-state index in [0.29, 0.717) is 18.1 Å². The molecule has 0 saturated carbocycles. The van der Waals surface area contributed by atoms with Crippen LogP contribution in [0.25, 0.3) is 0 Å². The van der Waals surface area contributed by atoms with Gasteiger partial charge in [-0.05, 0) is 46.6 Å². The molecule has 1 N–H and O–H groups in total. The number of hydrogen-bond acceptors (Lipinski definition) is 4. The van der Waals surface area contributed by atoms with Crippen molar-refractivity contribution in [3.05, 3.63) is 52.3 Å². The molecule has 20 heavy (non-hydrogen) atoms. The van der Waals surface area contributed by atoms with Crippen LogP contribution >= 0.6 is 15.9 Å². The Balaban J connectivity index is 2.13. The highest BCUT2D eigenvalue weighted by atomic mass is 79.9. The summed E-state index contributed by atoms with van der Waals surface area (Å²) in [4.78, 5) is 4.09. The summed E-state index contributed by atoms with van der Waals surface area (Å²) in [5.41, 5.74) is 1.75. The van der Waals surface area contributed by atoms with Gasteiger partial charge in [-0.15, -0.1) is 0 Å². The smallest absolute Gasteiger partial charge is 0.161 e. The third-order valence-electron chi connectivity index (χ3n) is 2.83. The zero-order chi connectivity index (χ0) is 14.5. The molecule has 0 amide bonds. The molecule has 1 heterocycles. The SMILES string of the molecule is COc1cc([C@@H](C)O)ccc1OCc1cncc(Br)c1. The van der Waals surface area contributed by atoms with Gasteiger partial charge in [-0.1, -0.05) is 6.07 Å². The van der Waals surface area contributed by atoms with Gasteiger partial charge >= 0.3 is 0 Å². The van der Waals surface area contributed by atoms with E-state index in [4.69, 9.17) is 9.47 Å². The first-order chi connectivity index (χ1) is 9.60. The molecule has 2 aromatic rings. The number of hydrogen-bond donors (Lipinski definition) is 1. The van der Waals surface area contributed by atoms with E-state index in [2.05, 4.69) is 20.9 Å². The molecule has 0 saturated heterocycles. The van der Waals surface area contributed by atoms with Gasteiger partial charge in [0.15, 0.2) is 11.5 Å². The first-order valence-electron chi connectivity index (χ1n) is 6.18. The maximum Gasteiger partial charge on any atom is 0.161 e. The fourth-order valence-electron chi connectivity index (χ4n) is 1.76. The van der Waals surface area contributed by atoms with Crippen molar-refractivity contribution in [2.45, 2.75) is 19.6 Å². The van der Waals surface area contributed by atoms with Crippen LogP contribution in [0.2, 0.25) is 0 Å². The zero-order valence-corrected chi connectivity index (χ0v) is 12.9. The number of aliphatic hydroxyl groups excluding tert-OH is 1. The van der Waals surface area contributed by atoms with E-state index in [1.807, 2.05) is 12.1 Å². The molecule has 1 aromatic heterocycles. The quantitative estimate of drug-likeness (QED) is 0.907. The standard InChI is InChI=1S/C15H16BrNO3/c1-10(18)12-3-4-14(15(6-12)19-2)20-9-11-5-13(16)8-17-7-11/h3-8,10,18H,9H2,1-2H3/t10-/m1/s1. The van der Waals surface area contributed by atoms with E-state index in [1.165, 1.54) is 0 Å². The average molecular weight is 338 g/mol. The summed E-state index contributed by atoms with van der Waals surface area (Å²) in [5, 5.41) is 9.56. The molecule has 106 valence electrons. The fraction of sp³-hybridized carbons (Fsp3) is 0.267. The Morgan fingerprint density at radius 2 is 2.05 bits per heavy atom. The Hall–Kier alpha value is -1.59. The number of aromatic nitrogens is 1. The number of halogens is 1. The van der Waals surface area contributed by atoms with Crippen molar-refractivity contribution >= 4 is 15.9 Å². The molecule has 1 atom stereocenters. The largest absolute Gasteiger partial charge is 0.493 e. The number of rotatable bonds is 5. The van der Waals surface area contributed by atoms with Crippen molar-refractivity contribution in [2.24, 2.45) is 0 Å². The maximum atomic E-state index is 9.56. The molecule has 1 aromatic carbocycles. The number of ether oxygens (including phenoxy) is 2. The summed E-state index contributed by atoms with van der Waals surface area (Å²) >= 11 is 3.37. The summed E-state index contributed by atoms with van der Waals surface area (Å²) in [5.74, 6) is 1.24. The minimum absolute atomic E-state index is 0.400. The number of aliphatic hydroxyl groups is 1. The lowest BCUT2D eigenvalue weighted by molar-refractivity contribution is 0.198. The summed E-state index contributed by atoms with van der Waals surface area (Å²) < 4.78 is 11.9. The Morgan fingerprint density at radius 3 is 2.70 bits per heavy atom. The normalized spacial score (nSPS) is 12.0. The van der Waals surface area contributed by atoms with Gasteiger partial charge < -0.3 is 14.6 Å². The van der Waals surface area contributed by atoms with Crippen molar-refractivity contribution in [3.8, 4) is 11.5 Å². The van der Waals surface area contributed by atoms with E-state index >= 15 is 0 Å². The van der Waals surface area contributed by atoms with E-state index < -0.39 is 6.10 Å². The third kappa shape index (κ3) is 3.71. The molecule has 0 aliphatic rings. The molecule has 0 aliphatic carbocycles. The van der Waals surface area contributed by atoms with Gasteiger partial charge in [-0.3, -0.25) is 4.98 Å². The highest BCUT2D eigenvalue weighted by Crippen LogP contribution is 2.30. The molecule has 2 rings (SSSR count). The number of methoxy groups -OCH3 is 1. The monoisotopic (exact) mass is 337 g/mol. The second kappa shape index (κ2) is 6.72. The molecule has 4 nitrogen and oxygen atoms in total. The predicted octanol–water partition coefficient (Wildman–Crippen LogP) is 3.49. The molecular weight excluding hydrogens is 322 g/mol. The molecule has 0 fully saturated rings. The van der Waals surface area contributed by atoms with Crippen molar-refractivity contribution in [2.75, 3.05) is 7.11 Å². The topological polar surface area (TPSA) is 51.6 Å². The molecule has 0 unspecified atom stereocenters. The summed E-state index contributed by atoms with van der Waals surface area (Å²) in [6.07, 6.45) is 2.94. The lowest BCUT2D eigenvalue weighted by Gasteiger charge is -2.13. The van der Waals surface area contributed by atoms with Gasteiger partial charge in [0, 0.05) is 22.4 Å². The summed E-state index contributed by atoms with van der Waals surface area (Å²) in [6.45, 7) is 2.11. The van der Waals surface area contributed by atoms with Crippen LogP contribution in [0.3, 0.4) is 0 Å². The molecule has 0 bridgehead atoms. The fourth-order valence-corrected chi connectivity index (χ4v) is 2.17. The first kappa shape index (κ1) is 14.8. The van der Waals surface area contributed by atoms with Crippen LogP contribution in [0, 0.1) is 0 Å². The predicted molar refractivity (Wildman–Crippen MR) is 79.9 cm³/mol. The lowest BCUT2D eigenvalue weighted by Crippen LogP contribution is -2.00. The second-order valence-corrected chi connectivity index (χ2v) is 5.30. The van der Waals surface area contributed by atoms with Crippen LogP contribution in [0.4, 0.5) is 0 Å². The van der Waals surface area contributed by atoms with Gasteiger partial charge in [0.25, 0.3) is 0 Å². The van der Waals surface area contributed by atoms with Gasteiger partial charge in [0.2, 0.25) is 0 Å². The van der Waals surface area contributed by atoms with Crippen LogP contribution in [-0.2, 0) is 6.61 Å². The first-order valence-corrected chi connectivity index (χ1v) is 6.97. The Morgan fingerprint density at radius 1 is 1.25 bits per heavy atom. The maximum absolute atomic E-state index is 9.56. The lowest BCUT2D eigenvalue weighted by atomic mass is 10.1. The highest BCUT2D eigenvalue weighted by Gasteiger charge is 2.09. The van der Waals surface area contributed by atoms with E-state index in [0.717, 1.165) is 15.6 Å². The van der Waals surface area contributed by atoms with Gasteiger partial charge in [0.05, 0.1) is 13.2 Å². The van der Waals surface area contributed by atoms with Crippen molar-refractivity contribution in [3.63, 3.8) is 0 Å². The van der Waals surface area contributed by atoms with Crippen LogP contribution < -0.4 is 9.47 Å². The van der Waals surface area contributed by atoms with Crippen molar-refractivity contribution in [1.29, 1.82) is 0 Å². The molecule has 0 radical (unpaired) electrons. The van der Waals surface area contributed by atoms with Crippen LogP contribution in [-0.4, -0.2) is 17.2 Å². The number of nitrogens with zero attached hydrogens (tertiary/aromatic N) is 1. The minimum atomic E-state index is -0.535. The molecule has 5 heteroatoms. The molecule has 0 aliphatic heterocycles. The number of benzene rings is 1. The van der Waals surface area contributed by atoms with Crippen LogP contribution in [0.5, 0.6) is 11.5 Å². The third-order valence-corrected chi connectivity index (χ3v) is 3.26. The Bertz CT molecular complexity index is 587. The van der Waals surface area contributed by atoms with Crippen LogP contribution in [0.1, 0.15) is 24.2 Å². The molecule has 0 spiro atoms. The number of pyridine rings is 1. The Kier molecular flexibility index (Phi) is 4.98. The van der Waals surface area contributed by atoms with E-state index in [9.17, 15) is 5.11 Å².